The molecule has 116 valence electrons. The first-order valence-electron chi connectivity index (χ1n) is 8.08. The van der Waals surface area contributed by atoms with E-state index in [9.17, 15) is 5.11 Å². The number of phenols is 1. The van der Waals surface area contributed by atoms with Crippen LogP contribution in [0.4, 0.5) is 0 Å². The maximum absolute atomic E-state index is 9.75. The second kappa shape index (κ2) is 6.65. The van der Waals surface area contributed by atoms with Crippen LogP contribution in [0.3, 0.4) is 0 Å². The first-order valence-corrected chi connectivity index (χ1v) is 8.08. The molecule has 1 aliphatic heterocycles. The molecule has 21 heavy (non-hydrogen) atoms. The third kappa shape index (κ3) is 3.88. The maximum atomic E-state index is 9.75. The normalized spacial score (nSPS) is 26.7. The van der Waals surface area contributed by atoms with Crippen LogP contribution in [0.25, 0.3) is 0 Å². The fourth-order valence-electron chi connectivity index (χ4n) is 3.41. The summed E-state index contributed by atoms with van der Waals surface area (Å²) in [6.45, 7) is 14.2. The Bertz CT molecular complexity index is 496. The molecule has 0 unspecified atom stereocenters. The van der Waals surface area contributed by atoms with Crippen molar-refractivity contribution in [2.45, 2.75) is 45.4 Å². The molecule has 0 bridgehead atoms. The number of benzene rings is 1. The monoisotopic (exact) mass is 287 g/mol. The number of likely N-dealkylation sites (tertiary alicyclic amines) is 1. The Labute approximate surface area is 129 Å². The van der Waals surface area contributed by atoms with Gasteiger partial charge in [-0.25, -0.2) is 0 Å². The van der Waals surface area contributed by atoms with Gasteiger partial charge in [0, 0.05) is 6.54 Å². The minimum absolute atomic E-state index is 0.170. The van der Waals surface area contributed by atoms with Crippen molar-refractivity contribution in [1.82, 2.24) is 4.90 Å². The predicted molar refractivity (Wildman–Crippen MR) is 89.7 cm³/mol. The van der Waals surface area contributed by atoms with Crippen molar-refractivity contribution in [2.24, 2.45) is 5.92 Å². The first-order chi connectivity index (χ1) is 9.91. The number of hydrogen-bond acceptors (Lipinski definition) is 2. The summed E-state index contributed by atoms with van der Waals surface area (Å²) < 4.78 is 0. The lowest BCUT2D eigenvalue weighted by molar-refractivity contribution is 0.110. The van der Waals surface area contributed by atoms with Gasteiger partial charge in [0.1, 0.15) is 5.75 Å². The molecule has 1 aliphatic rings. The molecule has 2 atom stereocenters. The van der Waals surface area contributed by atoms with Gasteiger partial charge in [-0.15, -0.1) is 6.58 Å². The fraction of sp³-hybridized carbons (Fsp3) is 0.579. The van der Waals surface area contributed by atoms with Gasteiger partial charge in [-0.3, -0.25) is 0 Å². The van der Waals surface area contributed by atoms with Crippen LogP contribution >= 0.6 is 0 Å². The fourth-order valence-corrected chi connectivity index (χ4v) is 3.41. The second-order valence-corrected chi connectivity index (χ2v) is 6.98. The highest BCUT2D eigenvalue weighted by Gasteiger charge is 2.37. The lowest BCUT2D eigenvalue weighted by Gasteiger charge is -2.45. The van der Waals surface area contributed by atoms with Crippen LogP contribution in [0.5, 0.6) is 5.75 Å². The average Bonchev–Trinajstić information content (AvgIpc) is 2.42. The molecule has 0 saturated carbocycles. The van der Waals surface area contributed by atoms with Gasteiger partial charge in [0.05, 0.1) is 0 Å². The topological polar surface area (TPSA) is 23.5 Å². The molecule has 0 radical (unpaired) electrons. The van der Waals surface area contributed by atoms with Gasteiger partial charge in [0.2, 0.25) is 0 Å². The molecule has 1 aromatic carbocycles. The summed E-state index contributed by atoms with van der Waals surface area (Å²) in [5.74, 6) is 0.975. The molecule has 0 amide bonds. The summed E-state index contributed by atoms with van der Waals surface area (Å²) in [4.78, 5) is 2.58. The number of nitrogens with zero attached hydrogens (tertiary/aromatic N) is 1. The molecule has 1 fully saturated rings. The smallest absolute Gasteiger partial charge is 0.115 e. The zero-order valence-corrected chi connectivity index (χ0v) is 13.7. The van der Waals surface area contributed by atoms with Gasteiger partial charge in [0.25, 0.3) is 0 Å². The van der Waals surface area contributed by atoms with Gasteiger partial charge in [-0.1, -0.05) is 31.6 Å². The second-order valence-electron chi connectivity index (χ2n) is 6.98. The van der Waals surface area contributed by atoms with Crippen molar-refractivity contribution < 1.29 is 5.11 Å². The van der Waals surface area contributed by atoms with Crippen molar-refractivity contribution >= 4 is 0 Å². The van der Waals surface area contributed by atoms with Crippen LogP contribution in [0.1, 0.15) is 45.6 Å². The van der Waals surface area contributed by atoms with Gasteiger partial charge in [0.15, 0.2) is 0 Å². The molecule has 0 aliphatic carbocycles. The summed E-state index contributed by atoms with van der Waals surface area (Å²) in [5, 5.41) is 9.75. The van der Waals surface area contributed by atoms with Crippen molar-refractivity contribution in [3.05, 3.63) is 42.0 Å². The first kappa shape index (κ1) is 16.1. The van der Waals surface area contributed by atoms with Gasteiger partial charge in [-0.2, -0.15) is 0 Å². The van der Waals surface area contributed by atoms with Crippen molar-refractivity contribution in [3.8, 4) is 5.75 Å². The van der Waals surface area contributed by atoms with Crippen molar-refractivity contribution in [3.63, 3.8) is 0 Å². The Morgan fingerprint density at radius 3 is 2.86 bits per heavy atom. The SMILES string of the molecule is C=C(C)CCCN1CC[C@@](C)(c2cccc(O)c2)[C@@H](C)C1. The molecular weight excluding hydrogens is 258 g/mol. The molecule has 1 N–H and O–H groups in total. The number of rotatable bonds is 5. The van der Waals surface area contributed by atoms with Crippen LogP contribution in [0.2, 0.25) is 0 Å². The molecule has 0 aromatic heterocycles. The summed E-state index contributed by atoms with van der Waals surface area (Å²) >= 11 is 0. The molecule has 1 heterocycles. The Balaban J connectivity index is 1.98. The van der Waals surface area contributed by atoms with E-state index in [1.165, 1.54) is 24.1 Å². The molecule has 1 saturated heterocycles. The highest BCUT2D eigenvalue weighted by molar-refractivity contribution is 5.33. The molecule has 1 aromatic rings. The lowest BCUT2D eigenvalue weighted by Crippen LogP contribution is -2.47. The van der Waals surface area contributed by atoms with E-state index in [0.29, 0.717) is 11.7 Å². The standard InChI is InChI=1S/C19H29NO/c1-15(2)7-6-11-20-12-10-19(4,16(3)14-20)17-8-5-9-18(21)13-17/h5,8-9,13,16,21H,1,6-7,10-12,14H2,2-4H3/t16-,19+/m0/s1. The van der Waals surface area contributed by atoms with Crippen LogP contribution in [0, 0.1) is 5.92 Å². The summed E-state index contributed by atoms with van der Waals surface area (Å²) in [5.41, 5.74) is 2.73. The quantitative estimate of drug-likeness (QED) is 0.814. The van der Waals surface area contributed by atoms with Gasteiger partial charge in [-0.05, 0) is 68.3 Å². The number of allylic oxidation sites excluding steroid dienone is 1. The van der Waals surface area contributed by atoms with Crippen LogP contribution in [-0.4, -0.2) is 29.6 Å². The summed E-state index contributed by atoms with van der Waals surface area (Å²) in [6.07, 6.45) is 3.50. The Hall–Kier alpha value is -1.28. The molecule has 0 spiro atoms. The minimum Gasteiger partial charge on any atom is -0.508 e. The third-order valence-corrected chi connectivity index (χ3v) is 5.15. The Kier molecular flexibility index (Phi) is 5.10. The van der Waals surface area contributed by atoms with E-state index in [0.717, 1.165) is 25.9 Å². The Morgan fingerprint density at radius 2 is 2.24 bits per heavy atom. The molecular formula is C19H29NO. The van der Waals surface area contributed by atoms with Gasteiger partial charge >= 0.3 is 0 Å². The molecule has 2 rings (SSSR count). The molecule has 2 nitrogen and oxygen atoms in total. The Morgan fingerprint density at radius 1 is 1.48 bits per heavy atom. The third-order valence-electron chi connectivity index (χ3n) is 5.15. The van der Waals surface area contributed by atoms with E-state index < -0.39 is 0 Å². The average molecular weight is 287 g/mol. The van der Waals surface area contributed by atoms with Crippen molar-refractivity contribution in [1.29, 1.82) is 0 Å². The number of aromatic hydroxyl groups is 1. The summed E-state index contributed by atoms with van der Waals surface area (Å²) in [6, 6.07) is 7.81. The van der Waals surface area contributed by atoms with E-state index >= 15 is 0 Å². The zero-order chi connectivity index (χ0) is 15.5. The van der Waals surface area contributed by atoms with E-state index in [1.54, 1.807) is 6.07 Å². The minimum atomic E-state index is 0.170. The number of piperidine rings is 1. The zero-order valence-electron chi connectivity index (χ0n) is 13.7. The van der Waals surface area contributed by atoms with Crippen molar-refractivity contribution in [2.75, 3.05) is 19.6 Å². The van der Waals surface area contributed by atoms with Crippen LogP contribution in [-0.2, 0) is 5.41 Å². The van der Waals surface area contributed by atoms with Gasteiger partial charge < -0.3 is 10.0 Å². The highest BCUT2D eigenvalue weighted by Crippen LogP contribution is 2.40. The maximum Gasteiger partial charge on any atom is 0.115 e. The highest BCUT2D eigenvalue weighted by atomic mass is 16.3. The van der Waals surface area contributed by atoms with E-state index in [1.807, 2.05) is 12.1 Å². The number of phenolic OH excluding ortho intramolecular Hbond substituents is 1. The number of hydrogen-bond donors (Lipinski definition) is 1. The molecule has 2 heteroatoms. The summed E-state index contributed by atoms with van der Waals surface area (Å²) in [7, 11) is 0. The predicted octanol–water partition coefficient (Wildman–Crippen LogP) is 4.35. The van der Waals surface area contributed by atoms with E-state index in [-0.39, 0.29) is 5.41 Å². The largest absolute Gasteiger partial charge is 0.508 e. The van der Waals surface area contributed by atoms with Crippen LogP contribution < -0.4 is 0 Å². The van der Waals surface area contributed by atoms with E-state index in [2.05, 4.69) is 38.3 Å². The van der Waals surface area contributed by atoms with Crippen LogP contribution in [0.15, 0.2) is 36.4 Å². The van der Waals surface area contributed by atoms with E-state index in [4.69, 9.17) is 0 Å². The lowest BCUT2D eigenvalue weighted by atomic mass is 9.68.